The Morgan fingerprint density at radius 3 is 2.79 bits per heavy atom. The van der Waals surface area contributed by atoms with Crippen molar-refractivity contribution in [2.75, 3.05) is 6.61 Å². The number of hydrogen-bond donors (Lipinski definition) is 1. The van der Waals surface area contributed by atoms with Crippen LogP contribution in [0, 0.1) is 0 Å². The van der Waals surface area contributed by atoms with Crippen LogP contribution in [-0.4, -0.2) is 35.0 Å². The average Bonchev–Trinajstić information content (AvgIpc) is 3.17. The first kappa shape index (κ1) is 15.2. The van der Waals surface area contributed by atoms with Crippen LogP contribution in [0.1, 0.15) is 30.3 Å². The van der Waals surface area contributed by atoms with E-state index in [0.29, 0.717) is 26.0 Å². The maximum atomic E-state index is 12.7. The van der Waals surface area contributed by atoms with Crippen molar-refractivity contribution in [2.24, 2.45) is 7.05 Å². The molecule has 2 fully saturated rings. The van der Waals surface area contributed by atoms with Crippen LogP contribution in [0.4, 0.5) is 0 Å². The molecule has 0 saturated carbocycles. The van der Waals surface area contributed by atoms with Gasteiger partial charge < -0.3 is 4.81 Å². The molecule has 9 heteroatoms. The lowest BCUT2D eigenvalue weighted by atomic mass is 9.76. The zero-order valence-corrected chi connectivity index (χ0v) is 13.2. The van der Waals surface area contributed by atoms with E-state index in [0.717, 1.165) is 11.1 Å². The third kappa shape index (κ3) is 2.28. The molecule has 2 aromatic rings. The highest BCUT2D eigenvalue weighted by molar-refractivity contribution is 6.30. The summed E-state index contributed by atoms with van der Waals surface area (Å²) in [5.74, 6) is -0.598. The summed E-state index contributed by atoms with van der Waals surface area (Å²) in [6.45, 7) is 0.479. The van der Waals surface area contributed by atoms with Crippen molar-refractivity contribution in [3.8, 4) is 0 Å². The van der Waals surface area contributed by atoms with Gasteiger partial charge in [0.05, 0.1) is 17.6 Å². The van der Waals surface area contributed by atoms with E-state index in [1.54, 1.807) is 7.05 Å². The third-order valence-corrected chi connectivity index (χ3v) is 4.73. The zero-order valence-electron chi connectivity index (χ0n) is 13.2. The molecule has 2 atom stereocenters. The fourth-order valence-electron chi connectivity index (χ4n) is 3.37. The predicted octanol–water partition coefficient (Wildman–Crippen LogP) is -0.328. The van der Waals surface area contributed by atoms with E-state index in [4.69, 9.17) is 9.69 Å². The van der Waals surface area contributed by atoms with Gasteiger partial charge >= 0.3 is 13.2 Å². The number of hydrogen-bond acceptors (Lipinski definition) is 5. The quantitative estimate of drug-likeness (QED) is 0.463. The average molecular weight is 329 g/mol. The number of fused-ring (bicyclic) bond motifs is 1. The van der Waals surface area contributed by atoms with Gasteiger partial charge in [-0.25, -0.2) is 4.79 Å². The number of aromatic nitrogens is 2. The Hall–Kier alpha value is -2.39. The van der Waals surface area contributed by atoms with Crippen molar-refractivity contribution in [1.29, 1.82) is 0 Å². The zero-order chi connectivity index (χ0) is 16.8. The van der Waals surface area contributed by atoms with Crippen LogP contribution in [0.2, 0.25) is 0 Å². The van der Waals surface area contributed by atoms with Gasteiger partial charge in [-0.3, -0.25) is 28.9 Å². The Kier molecular flexibility index (Phi) is 3.54. The van der Waals surface area contributed by atoms with Gasteiger partial charge in [0.2, 0.25) is 11.8 Å². The van der Waals surface area contributed by atoms with Gasteiger partial charge in [-0.15, -0.1) is 0 Å². The Morgan fingerprint density at radius 2 is 2.08 bits per heavy atom. The van der Waals surface area contributed by atoms with Gasteiger partial charge in [-0.2, -0.15) is 0 Å². The highest BCUT2D eigenvalue weighted by atomic mass is 17.2. The number of benzene rings is 1. The molecule has 1 N–H and O–H groups in total. The predicted molar refractivity (Wildman–Crippen MR) is 85.5 cm³/mol. The Labute approximate surface area is 137 Å². The number of rotatable bonds is 2. The van der Waals surface area contributed by atoms with Gasteiger partial charge in [-0.05, 0) is 24.1 Å². The molecular weight excluding hydrogens is 313 g/mol. The first-order chi connectivity index (χ1) is 11.6. The van der Waals surface area contributed by atoms with Crippen LogP contribution in [0.25, 0.3) is 11.0 Å². The van der Waals surface area contributed by atoms with Crippen molar-refractivity contribution < 1.29 is 19.3 Å². The molecule has 0 spiro atoms. The molecule has 2 saturated heterocycles. The maximum absolute atomic E-state index is 12.7. The number of carbonyl (C=O) groups is 2. The molecule has 1 aromatic carbocycles. The molecule has 24 heavy (non-hydrogen) atoms. The Bertz CT molecular complexity index is 896. The van der Waals surface area contributed by atoms with Crippen LogP contribution in [0.15, 0.2) is 23.0 Å². The normalized spacial score (nSPS) is 24.2. The number of piperidine rings is 1. The van der Waals surface area contributed by atoms with E-state index in [2.05, 4.69) is 5.32 Å². The Morgan fingerprint density at radius 1 is 1.25 bits per heavy atom. The van der Waals surface area contributed by atoms with E-state index in [9.17, 15) is 14.4 Å². The minimum absolute atomic E-state index is 0.128. The molecule has 2 unspecified atom stereocenters. The first-order valence-electron chi connectivity index (χ1n) is 7.85. The number of nitrogens with zero attached hydrogens (tertiary/aromatic N) is 2. The van der Waals surface area contributed by atoms with E-state index >= 15 is 0 Å². The smallest absolute Gasteiger partial charge is 0.309 e. The van der Waals surface area contributed by atoms with Gasteiger partial charge in [-0.1, -0.05) is 6.07 Å². The van der Waals surface area contributed by atoms with E-state index < -0.39 is 11.9 Å². The number of nitrogens with one attached hydrogen (secondary N) is 1. The van der Waals surface area contributed by atoms with Gasteiger partial charge in [0.1, 0.15) is 6.04 Å². The monoisotopic (exact) mass is 329 g/mol. The lowest BCUT2D eigenvalue weighted by Crippen LogP contribution is -2.44. The lowest BCUT2D eigenvalue weighted by molar-refractivity contribution is -0.183. The number of amides is 2. The van der Waals surface area contributed by atoms with Crippen molar-refractivity contribution in [2.45, 2.75) is 24.7 Å². The molecule has 8 nitrogen and oxygen atoms in total. The minimum atomic E-state index is -0.664. The van der Waals surface area contributed by atoms with Crippen LogP contribution in [-0.2, 0) is 26.3 Å². The topological polar surface area (TPSA) is 91.6 Å². The summed E-state index contributed by atoms with van der Waals surface area (Å²) in [5, 5.41) is 2.31. The highest BCUT2D eigenvalue weighted by Gasteiger charge is 2.31. The third-order valence-electron chi connectivity index (χ3n) is 4.73. The Balaban J connectivity index is 1.82. The first-order valence-corrected chi connectivity index (χ1v) is 7.85. The van der Waals surface area contributed by atoms with Crippen LogP contribution >= 0.6 is 0 Å². The van der Waals surface area contributed by atoms with E-state index in [1.807, 2.05) is 18.2 Å². The highest BCUT2D eigenvalue weighted by Crippen LogP contribution is 2.27. The standard InChI is InChI=1S/C15H16BN3O5/c1-18-12-6-8(9-7-23-24-16-9)2-3-10(12)19(15(18)22)11-4-5-13(20)17-14(11)21/h2-3,6,9,11,16H,4-5,7H2,1H3,(H,17,20,21). The number of carbonyl (C=O) groups excluding carboxylic acids is 2. The van der Waals surface area contributed by atoms with Gasteiger partial charge in [0.15, 0.2) is 0 Å². The number of aryl methyl sites for hydroxylation is 1. The van der Waals surface area contributed by atoms with Crippen LogP contribution in [0.3, 0.4) is 0 Å². The summed E-state index contributed by atoms with van der Waals surface area (Å²) < 4.78 is 3.00. The van der Waals surface area contributed by atoms with Crippen molar-refractivity contribution >= 4 is 30.3 Å². The fourth-order valence-corrected chi connectivity index (χ4v) is 3.37. The largest absolute Gasteiger partial charge is 0.333 e. The minimum Gasteiger partial charge on any atom is -0.309 e. The van der Waals surface area contributed by atoms with E-state index in [1.165, 1.54) is 9.13 Å². The van der Waals surface area contributed by atoms with Gasteiger partial charge in [0, 0.05) is 19.3 Å². The maximum Gasteiger partial charge on any atom is 0.333 e. The molecule has 4 rings (SSSR count). The molecule has 2 amide bonds. The van der Waals surface area contributed by atoms with E-state index in [-0.39, 0.29) is 23.8 Å². The van der Waals surface area contributed by atoms with Crippen molar-refractivity contribution in [1.82, 2.24) is 14.5 Å². The molecule has 0 bridgehead atoms. The van der Waals surface area contributed by atoms with Gasteiger partial charge in [0.25, 0.3) is 0 Å². The fraction of sp³-hybridized carbons (Fsp3) is 0.400. The van der Waals surface area contributed by atoms with Crippen molar-refractivity contribution in [3.63, 3.8) is 0 Å². The lowest BCUT2D eigenvalue weighted by Gasteiger charge is -2.22. The molecule has 3 heterocycles. The second-order valence-electron chi connectivity index (χ2n) is 6.19. The summed E-state index contributed by atoms with van der Waals surface area (Å²) in [6.07, 6.45) is 0.559. The SMILES string of the molecule is Cn1c(=O)n(C2CCC(=O)NC2=O)c2ccc(C3BOOC3)cc21. The number of imidazole rings is 1. The van der Waals surface area contributed by atoms with Crippen LogP contribution in [0.5, 0.6) is 0 Å². The number of imide groups is 1. The molecule has 2 aliphatic rings. The summed E-state index contributed by atoms with van der Waals surface area (Å²) in [4.78, 5) is 46.0. The molecular formula is C15H16BN3O5. The summed E-state index contributed by atoms with van der Waals surface area (Å²) in [5.41, 5.74) is 2.18. The summed E-state index contributed by atoms with van der Waals surface area (Å²) in [7, 11) is 2.16. The molecule has 0 aliphatic carbocycles. The summed E-state index contributed by atoms with van der Waals surface area (Å²) in [6, 6.07) is 5.03. The second-order valence-corrected chi connectivity index (χ2v) is 6.19. The molecule has 124 valence electrons. The van der Waals surface area contributed by atoms with Crippen molar-refractivity contribution in [3.05, 3.63) is 34.2 Å². The molecule has 2 aliphatic heterocycles. The summed E-state index contributed by atoms with van der Waals surface area (Å²) >= 11 is 0. The molecule has 1 aromatic heterocycles. The van der Waals surface area contributed by atoms with Crippen LogP contribution < -0.4 is 11.0 Å². The second kappa shape index (κ2) is 5.61. The molecule has 0 radical (unpaired) electrons.